The summed E-state index contributed by atoms with van der Waals surface area (Å²) in [5.41, 5.74) is 2.30. The molecular formula is C16H16N2O2S2. The van der Waals surface area contributed by atoms with Gasteiger partial charge in [0.2, 0.25) is 0 Å². The number of benzene rings is 1. The monoisotopic (exact) mass is 332 g/mol. The Morgan fingerprint density at radius 3 is 2.91 bits per heavy atom. The van der Waals surface area contributed by atoms with Crippen LogP contribution in [0.3, 0.4) is 0 Å². The molecule has 1 amide bonds. The molecule has 4 nitrogen and oxygen atoms in total. The van der Waals surface area contributed by atoms with Crippen molar-refractivity contribution in [3.8, 4) is 0 Å². The number of para-hydroxylation sites is 1. The number of fused-ring (bicyclic) bond motifs is 1. The molecule has 0 aliphatic rings. The zero-order valence-corrected chi connectivity index (χ0v) is 14.0. The van der Waals surface area contributed by atoms with E-state index in [-0.39, 0.29) is 5.91 Å². The minimum absolute atomic E-state index is 0.189. The lowest BCUT2D eigenvalue weighted by molar-refractivity contribution is 0.100. The van der Waals surface area contributed by atoms with Crippen LogP contribution in [0.25, 0.3) is 10.2 Å². The molecule has 0 fully saturated rings. The molecule has 3 aromatic rings. The Balaban J connectivity index is 2.15. The number of rotatable bonds is 4. The number of methoxy groups -OCH3 is 1. The van der Waals surface area contributed by atoms with Crippen LogP contribution in [0.4, 0.5) is 0 Å². The van der Waals surface area contributed by atoms with Crippen molar-refractivity contribution in [2.45, 2.75) is 13.5 Å². The van der Waals surface area contributed by atoms with Gasteiger partial charge >= 0.3 is 0 Å². The van der Waals surface area contributed by atoms with Gasteiger partial charge < -0.3 is 9.30 Å². The summed E-state index contributed by atoms with van der Waals surface area (Å²) in [4.78, 5) is 18.0. The molecule has 0 saturated carbocycles. The topological polar surface area (TPSA) is 43.6 Å². The second-order valence-corrected chi connectivity index (χ2v) is 6.80. The summed E-state index contributed by atoms with van der Waals surface area (Å²) in [6.07, 6.45) is 0. The molecular weight excluding hydrogens is 316 g/mol. The van der Waals surface area contributed by atoms with Crippen molar-refractivity contribution < 1.29 is 9.53 Å². The normalized spacial score (nSPS) is 12.2. The van der Waals surface area contributed by atoms with E-state index in [1.54, 1.807) is 13.2 Å². The number of aryl methyl sites for hydroxylation is 1. The Bertz CT molecular complexity index is 860. The summed E-state index contributed by atoms with van der Waals surface area (Å²) in [6.45, 7) is 3.34. The summed E-state index contributed by atoms with van der Waals surface area (Å²) >= 11 is 2.95. The predicted molar refractivity (Wildman–Crippen MR) is 90.6 cm³/mol. The lowest BCUT2D eigenvalue weighted by Gasteiger charge is -2.06. The highest BCUT2D eigenvalue weighted by atomic mass is 32.1. The number of carbonyl (C=O) groups is 1. The Hall–Kier alpha value is -1.76. The van der Waals surface area contributed by atoms with E-state index in [4.69, 9.17) is 4.74 Å². The molecule has 0 aliphatic heterocycles. The van der Waals surface area contributed by atoms with E-state index < -0.39 is 0 Å². The first-order valence-corrected chi connectivity index (χ1v) is 8.61. The van der Waals surface area contributed by atoms with E-state index in [0.717, 1.165) is 15.0 Å². The van der Waals surface area contributed by atoms with Gasteiger partial charge in [-0.1, -0.05) is 29.5 Å². The van der Waals surface area contributed by atoms with Crippen molar-refractivity contribution in [3.63, 3.8) is 0 Å². The maximum atomic E-state index is 12.3. The van der Waals surface area contributed by atoms with Gasteiger partial charge in [-0.15, -0.1) is 11.3 Å². The summed E-state index contributed by atoms with van der Waals surface area (Å²) < 4.78 is 8.40. The molecule has 0 atom stereocenters. The first-order valence-electron chi connectivity index (χ1n) is 6.91. The van der Waals surface area contributed by atoms with Crippen molar-refractivity contribution >= 4 is 38.8 Å². The highest BCUT2D eigenvalue weighted by molar-refractivity contribution is 7.16. The first-order chi connectivity index (χ1) is 10.7. The second-order valence-electron chi connectivity index (χ2n) is 4.84. The standard InChI is InChI=1S/C16H16N2O2S2/c1-11-5-3-6-12-14(11)18(8-9-20-2)16(22-12)17-15(19)13-7-4-10-21-13/h3-7,10H,8-9H2,1-2H3. The molecule has 3 rings (SSSR count). The first kappa shape index (κ1) is 15.1. The average Bonchev–Trinajstić information content (AvgIpc) is 3.13. The van der Waals surface area contributed by atoms with Gasteiger partial charge in [0, 0.05) is 13.7 Å². The van der Waals surface area contributed by atoms with Crippen LogP contribution in [0.15, 0.2) is 40.7 Å². The summed E-state index contributed by atoms with van der Waals surface area (Å²) in [5.74, 6) is -0.189. The van der Waals surface area contributed by atoms with Crippen LogP contribution in [0, 0.1) is 6.92 Å². The van der Waals surface area contributed by atoms with E-state index in [9.17, 15) is 4.79 Å². The van der Waals surface area contributed by atoms with Crippen molar-refractivity contribution in [1.82, 2.24) is 4.57 Å². The van der Waals surface area contributed by atoms with Crippen LogP contribution in [-0.4, -0.2) is 24.2 Å². The van der Waals surface area contributed by atoms with E-state index in [2.05, 4.69) is 28.6 Å². The molecule has 0 radical (unpaired) electrons. The van der Waals surface area contributed by atoms with Crippen molar-refractivity contribution in [2.24, 2.45) is 4.99 Å². The maximum Gasteiger partial charge on any atom is 0.289 e. The van der Waals surface area contributed by atoms with Gasteiger partial charge in [-0.05, 0) is 30.0 Å². The predicted octanol–water partition coefficient (Wildman–Crippen LogP) is 3.46. The molecule has 0 spiro atoms. The number of nitrogens with zero attached hydrogens (tertiary/aromatic N) is 2. The molecule has 0 aliphatic carbocycles. The van der Waals surface area contributed by atoms with Crippen LogP contribution in [-0.2, 0) is 11.3 Å². The van der Waals surface area contributed by atoms with Crippen LogP contribution in [0.1, 0.15) is 15.2 Å². The van der Waals surface area contributed by atoms with Crippen molar-refractivity contribution in [2.75, 3.05) is 13.7 Å². The molecule has 0 saturated heterocycles. The Morgan fingerprint density at radius 2 is 2.18 bits per heavy atom. The van der Waals surface area contributed by atoms with E-state index >= 15 is 0 Å². The number of hydrogen-bond donors (Lipinski definition) is 0. The minimum atomic E-state index is -0.189. The van der Waals surface area contributed by atoms with Gasteiger partial charge in [0.25, 0.3) is 5.91 Å². The fourth-order valence-corrected chi connectivity index (χ4v) is 4.06. The number of hydrogen-bond acceptors (Lipinski definition) is 4. The Kier molecular flexibility index (Phi) is 4.52. The highest BCUT2D eigenvalue weighted by Crippen LogP contribution is 2.21. The molecule has 114 valence electrons. The number of amides is 1. The average molecular weight is 332 g/mol. The summed E-state index contributed by atoms with van der Waals surface area (Å²) in [6, 6.07) is 9.82. The van der Waals surface area contributed by atoms with Crippen LogP contribution < -0.4 is 4.80 Å². The SMILES string of the molecule is COCCn1c(=NC(=O)c2cccs2)sc2cccc(C)c21. The third kappa shape index (κ3) is 2.90. The fourth-order valence-electron chi connectivity index (χ4n) is 2.32. The third-order valence-electron chi connectivity index (χ3n) is 3.35. The van der Waals surface area contributed by atoms with Gasteiger partial charge in [-0.2, -0.15) is 4.99 Å². The molecule has 0 bridgehead atoms. The zero-order chi connectivity index (χ0) is 15.5. The van der Waals surface area contributed by atoms with Crippen LogP contribution in [0.2, 0.25) is 0 Å². The largest absolute Gasteiger partial charge is 0.383 e. The molecule has 0 N–H and O–H groups in total. The lowest BCUT2D eigenvalue weighted by atomic mass is 10.2. The van der Waals surface area contributed by atoms with Crippen LogP contribution >= 0.6 is 22.7 Å². The molecule has 2 aromatic heterocycles. The van der Waals surface area contributed by atoms with Gasteiger partial charge in [0.05, 0.1) is 21.7 Å². The molecule has 2 heterocycles. The molecule has 6 heteroatoms. The number of carbonyl (C=O) groups excluding carboxylic acids is 1. The Labute approximate surface area is 136 Å². The smallest absolute Gasteiger partial charge is 0.289 e. The van der Waals surface area contributed by atoms with E-state index in [0.29, 0.717) is 18.0 Å². The number of thiophene rings is 1. The Morgan fingerprint density at radius 1 is 1.32 bits per heavy atom. The molecule has 1 aromatic carbocycles. The van der Waals surface area contributed by atoms with Crippen molar-refractivity contribution in [3.05, 3.63) is 51.0 Å². The van der Waals surface area contributed by atoms with Gasteiger partial charge in [-0.25, -0.2) is 0 Å². The summed E-state index contributed by atoms with van der Waals surface area (Å²) in [7, 11) is 1.68. The van der Waals surface area contributed by atoms with Crippen molar-refractivity contribution in [1.29, 1.82) is 0 Å². The quantitative estimate of drug-likeness (QED) is 0.734. The van der Waals surface area contributed by atoms with E-state index in [1.165, 1.54) is 28.2 Å². The summed E-state index contributed by atoms with van der Waals surface area (Å²) in [5, 5.41) is 1.89. The maximum absolute atomic E-state index is 12.3. The van der Waals surface area contributed by atoms with Gasteiger partial charge in [0.1, 0.15) is 0 Å². The fraction of sp³-hybridized carbons (Fsp3) is 0.250. The van der Waals surface area contributed by atoms with E-state index in [1.807, 2.05) is 17.5 Å². The minimum Gasteiger partial charge on any atom is -0.383 e. The molecule has 22 heavy (non-hydrogen) atoms. The highest BCUT2D eigenvalue weighted by Gasteiger charge is 2.11. The number of ether oxygens (including phenoxy) is 1. The van der Waals surface area contributed by atoms with Crippen LogP contribution in [0.5, 0.6) is 0 Å². The zero-order valence-electron chi connectivity index (χ0n) is 12.4. The third-order valence-corrected chi connectivity index (χ3v) is 5.25. The van der Waals surface area contributed by atoms with Gasteiger partial charge in [-0.3, -0.25) is 4.79 Å². The lowest BCUT2D eigenvalue weighted by Crippen LogP contribution is -2.19. The second kappa shape index (κ2) is 6.56. The van der Waals surface area contributed by atoms with Gasteiger partial charge in [0.15, 0.2) is 4.80 Å². The number of aromatic nitrogens is 1. The molecule has 0 unspecified atom stereocenters. The number of thiazole rings is 1.